The first-order valence-electron chi connectivity index (χ1n) is 36.5. The molecule has 0 aromatic heterocycles. The van der Waals surface area contributed by atoms with Crippen molar-refractivity contribution >= 4 is 53.7 Å². The number of ether oxygens (including phenoxy) is 9. The Hall–Kier alpha value is -5.93. The Morgan fingerprint density at radius 2 is 0.594 bits per heavy atom. The van der Waals surface area contributed by atoms with Gasteiger partial charge in [0.15, 0.2) is 6.10 Å². The molecule has 0 aromatic carbocycles. The normalized spacial score (nSPS) is 14.4. The smallest absolute Gasteiger partial charge is 0.335 e. The molecule has 96 heavy (non-hydrogen) atoms. The molecule has 0 aliphatic heterocycles. The van der Waals surface area contributed by atoms with Crippen LogP contribution < -0.4 is 0 Å². The minimum absolute atomic E-state index is 0.0923. The Balaban J connectivity index is 5.66. The molecule has 9 unspecified atom stereocenters. The Morgan fingerprint density at radius 3 is 0.938 bits per heavy atom. The summed E-state index contributed by atoms with van der Waals surface area (Å²) < 4.78 is 50.7. The molecule has 9 atom stereocenters. The molecule has 0 aliphatic carbocycles. The van der Waals surface area contributed by atoms with E-state index in [0.29, 0.717) is 77.0 Å². The number of allylic oxidation sites excluding steroid dienone is 1. The van der Waals surface area contributed by atoms with Crippen LogP contribution in [0.4, 0.5) is 0 Å². The number of rotatable bonds is 64. The maximum Gasteiger partial charge on any atom is 0.335 e. The number of aliphatic hydroxyl groups excluding tert-OH is 3. The predicted molar refractivity (Wildman–Crippen MR) is 368 cm³/mol. The second-order valence-corrected chi connectivity index (χ2v) is 25.2. The number of hydrogen-bond donors (Lipinski definition) is 3. The number of aliphatic hydroxyl groups is 3. The molecule has 0 bridgehead atoms. The second kappa shape index (κ2) is 60.3. The molecule has 0 rings (SSSR count). The van der Waals surface area contributed by atoms with Crippen LogP contribution in [0.15, 0.2) is 50.1 Å². The average molecular weight is 1360 g/mol. The largest absolute Gasteiger partial charge is 0.462 e. The van der Waals surface area contributed by atoms with E-state index in [1.807, 2.05) is 12.2 Å². The van der Waals surface area contributed by atoms with E-state index in [9.17, 15) is 58.5 Å². The van der Waals surface area contributed by atoms with Crippen molar-refractivity contribution in [1.82, 2.24) is 0 Å². The van der Waals surface area contributed by atoms with Crippen LogP contribution in [-0.2, 0) is 85.8 Å². The monoisotopic (exact) mass is 1360 g/mol. The van der Waals surface area contributed by atoms with Gasteiger partial charge in [-0.1, -0.05) is 187 Å². The fourth-order valence-corrected chi connectivity index (χ4v) is 10.6. The summed E-state index contributed by atoms with van der Waals surface area (Å²) in [5.74, 6) is -5.79. The van der Waals surface area contributed by atoms with Crippen LogP contribution in [0.1, 0.15) is 298 Å². The molecule has 21 nitrogen and oxygen atoms in total. The maximum atomic E-state index is 13.2. The number of hydrogen-bond acceptors (Lipinski definition) is 21. The van der Waals surface area contributed by atoms with Gasteiger partial charge < -0.3 is 58.0 Å². The van der Waals surface area contributed by atoms with Gasteiger partial charge in [0.1, 0.15) is 68.1 Å². The molecule has 0 spiro atoms. The Bertz CT molecular complexity index is 2070. The summed E-state index contributed by atoms with van der Waals surface area (Å²) in [4.78, 5) is 114. The Kier molecular flexibility index (Phi) is 56.5. The van der Waals surface area contributed by atoms with Crippen LogP contribution >= 0.6 is 0 Å². The zero-order valence-corrected chi connectivity index (χ0v) is 59.7. The minimum atomic E-state index is -1.34. The molecule has 21 heteroatoms. The lowest BCUT2D eigenvalue weighted by Crippen LogP contribution is -2.37. The first-order chi connectivity index (χ1) is 46.2. The lowest BCUT2D eigenvalue weighted by molar-refractivity contribution is -0.172. The van der Waals surface area contributed by atoms with E-state index in [0.717, 1.165) is 172 Å². The van der Waals surface area contributed by atoms with Crippen molar-refractivity contribution in [2.24, 2.45) is 0 Å². The molecule has 0 saturated carbocycles. The van der Waals surface area contributed by atoms with E-state index >= 15 is 0 Å². The van der Waals surface area contributed by atoms with Crippen molar-refractivity contribution in [3.63, 3.8) is 0 Å². The lowest BCUT2D eigenvalue weighted by atomic mass is 9.99. The van der Waals surface area contributed by atoms with Gasteiger partial charge in [-0.05, 0) is 117 Å². The molecule has 0 heterocycles. The summed E-state index contributed by atoms with van der Waals surface area (Å²) >= 11 is 0. The molecule has 0 radical (unpaired) electrons. The van der Waals surface area contributed by atoms with E-state index in [1.165, 1.54) is 20.8 Å². The highest BCUT2D eigenvalue weighted by Gasteiger charge is 2.32. The Morgan fingerprint density at radius 1 is 0.323 bits per heavy atom. The van der Waals surface area contributed by atoms with Crippen LogP contribution in [-0.4, -0.2) is 143 Å². The van der Waals surface area contributed by atoms with Gasteiger partial charge in [0.2, 0.25) is 0 Å². The van der Waals surface area contributed by atoms with Gasteiger partial charge in [0, 0.05) is 43.9 Å². The molecule has 3 N–H and O–H groups in total. The van der Waals surface area contributed by atoms with Crippen LogP contribution in [0.25, 0.3) is 0 Å². The Labute approximate surface area is 575 Å². The SMILES string of the molecule is C=CC(=O)OC(CCCCC)C(C/C=C\CCCCCCCC(=O)OC(COC(=O)CCCCCCCC(OC(=O)C=C)C(CCCCCCCC)OC(=O)C(C)O)COC(=O)CCCCCCCC(OC(=O)C=C)C(CCCCCCCC)OC(=O)C(C)O)OC(=O)C(C)O. The van der Waals surface area contributed by atoms with Gasteiger partial charge >= 0.3 is 53.7 Å². The third-order valence-corrected chi connectivity index (χ3v) is 16.3. The molecular weight excluding hydrogens is 1240 g/mol. The summed E-state index contributed by atoms with van der Waals surface area (Å²) in [5, 5.41) is 29.6. The molecule has 0 amide bonds. The van der Waals surface area contributed by atoms with Gasteiger partial charge in [0.25, 0.3) is 0 Å². The molecule has 0 aliphatic rings. The van der Waals surface area contributed by atoms with E-state index in [-0.39, 0.29) is 38.9 Å². The van der Waals surface area contributed by atoms with Crippen LogP contribution in [0.2, 0.25) is 0 Å². The van der Waals surface area contributed by atoms with Crippen molar-refractivity contribution in [2.75, 3.05) is 13.2 Å². The van der Waals surface area contributed by atoms with Crippen LogP contribution in [0.3, 0.4) is 0 Å². The molecule has 552 valence electrons. The number of carbonyl (C=O) groups excluding carboxylic acids is 9. The van der Waals surface area contributed by atoms with Crippen molar-refractivity contribution in [3.05, 3.63) is 50.1 Å². The summed E-state index contributed by atoms with van der Waals surface area (Å²) in [5.41, 5.74) is 0. The zero-order valence-electron chi connectivity index (χ0n) is 59.7. The topological polar surface area (TPSA) is 297 Å². The third kappa shape index (κ3) is 49.6. The van der Waals surface area contributed by atoms with Crippen molar-refractivity contribution in [1.29, 1.82) is 0 Å². The van der Waals surface area contributed by atoms with Crippen molar-refractivity contribution in [3.8, 4) is 0 Å². The molecule has 0 aromatic rings. The maximum absolute atomic E-state index is 13.2. The van der Waals surface area contributed by atoms with Crippen molar-refractivity contribution < 1.29 is 101 Å². The number of carbonyl (C=O) groups is 9. The number of esters is 9. The quantitative estimate of drug-likeness (QED) is 0.0168. The first-order valence-corrected chi connectivity index (χ1v) is 36.5. The highest BCUT2D eigenvalue weighted by Crippen LogP contribution is 2.25. The summed E-state index contributed by atoms with van der Waals surface area (Å²) in [6, 6.07) is 0. The van der Waals surface area contributed by atoms with Crippen LogP contribution in [0, 0.1) is 0 Å². The minimum Gasteiger partial charge on any atom is -0.462 e. The van der Waals surface area contributed by atoms with Gasteiger partial charge in [-0.2, -0.15) is 0 Å². The van der Waals surface area contributed by atoms with Crippen LogP contribution in [0.5, 0.6) is 0 Å². The first kappa shape index (κ1) is 90.1. The van der Waals surface area contributed by atoms with Gasteiger partial charge in [-0.15, -0.1) is 0 Å². The standard InChI is InChI=1S/C75H126O21/c1-10-16-19-21-29-40-49-65(95-74(86)58(8)77)62(92-68(80)14-5)47-38-32-27-35-43-52-70(82)88-55-60(90-72(84)54-45-34-26-24-23-25-31-42-51-64(94-73(85)57(7)76)61(46-37-18-12-3)91-67(79)13-4)56-89-71(83)53-44-36-28-33-39-48-63(93-69(81)15-6)66(96-75(87)59(9)78)50-41-30-22-20-17-11-2/h13-15,31,42,57-66,76-78H,4-6,10-12,16-30,32-41,43-56H2,1-3,7-9H3/b42-31-. The van der Waals surface area contributed by atoms with Gasteiger partial charge in [0.05, 0.1) is 0 Å². The number of unbranched alkanes of at least 4 members (excludes halogenated alkanes) is 25. The van der Waals surface area contributed by atoms with E-state index in [2.05, 4.69) is 40.5 Å². The second-order valence-electron chi connectivity index (χ2n) is 25.2. The third-order valence-electron chi connectivity index (χ3n) is 16.3. The predicted octanol–water partition coefficient (Wildman–Crippen LogP) is 14.4. The highest BCUT2D eigenvalue weighted by atomic mass is 16.6. The van der Waals surface area contributed by atoms with Gasteiger partial charge in [-0.25, -0.2) is 28.8 Å². The highest BCUT2D eigenvalue weighted by molar-refractivity contribution is 5.82. The summed E-state index contributed by atoms with van der Waals surface area (Å²) in [6.07, 6.45) is 26.5. The zero-order chi connectivity index (χ0) is 71.6. The summed E-state index contributed by atoms with van der Waals surface area (Å²) in [7, 11) is 0. The summed E-state index contributed by atoms with van der Waals surface area (Å²) in [6.45, 7) is 20.2. The van der Waals surface area contributed by atoms with E-state index in [4.69, 9.17) is 42.6 Å². The average Bonchev–Trinajstić information content (AvgIpc) is 1.21. The lowest BCUT2D eigenvalue weighted by Gasteiger charge is -2.27. The van der Waals surface area contributed by atoms with Crippen molar-refractivity contribution in [2.45, 2.75) is 359 Å². The molecule has 0 fully saturated rings. The fourth-order valence-electron chi connectivity index (χ4n) is 10.6. The van der Waals surface area contributed by atoms with E-state index < -0.39 is 115 Å². The molecular formula is C75H126O21. The fraction of sp³-hybridized carbons (Fsp3) is 0.773. The van der Waals surface area contributed by atoms with Gasteiger partial charge in [-0.3, -0.25) is 14.4 Å². The molecule has 0 saturated heterocycles. The van der Waals surface area contributed by atoms with E-state index in [1.54, 1.807) is 0 Å².